The Balaban J connectivity index is 1.80. The molecule has 0 N–H and O–H groups in total. The fourth-order valence-electron chi connectivity index (χ4n) is 3.15. The number of carbonyl (C=O) groups is 1. The first-order valence-electron chi connectivity index (χ1n) is 9.08. The molecule has 0 spiro atoms. The summed E-state index contributed by atoms with van der Waals surface area (Å²) in [5.41, 5.74) is 4.09. The lowest BCUT2D eigenvalue weighted by atomic mass is 10.0. The Morgan fingerprint density at radius 2 is 1.71 bits per heavy atom. The molecule has 1 fully saturated rings. The third kappa shape index (κ3) is 3.62. The number of β-lactam (4-membered cyclic amide) rings is 1. The maximum Gasteiger partial charge on any atom is 0.228 e. The van der Waals surface area contributed by atoms with Crippen molar-refractivity contribution < 1.29 is 9.53 Å². The molecule has 3 aromatic carbocycles. The molecule has 28 heavy (non-hydrogen) atoms. The Morgan fingerprint density at radius 3 is 2.29 bits per heavy atom. The molecule has 0 bridgehead atoms. The van der Waals surface area contributed by atoms with E-state index in [0.29, 0.717) is 11.4 Å². The number of rotatable bonds is 5. The first-order chi connectivity index (χ1) is 13.6. The van der Waals surface area contributed by atoms with Gasteiger partial charge in [-0.25, -0.2) is 0 Å². The number of hydrogen-bond donors (Lipinski definition) is 0. The van der Waals surface area contributed by atoms with Gasteiger partial charge in [0, 0.05) is 22.8 Å². The van der Waals surface area contributed by atoms with Crippen LogP contribution in [0.5, 0.6) is 5.75 Å². The van der Waals surface area contributed by atoms with Gasteiger partial charge in [-0.1, -0.05) is 59.3 Å². The predicted molar refractivity (Wildman–Crippen MR) is 116 cm³/mol. The third-order valence-corrected chi connectivity index (χ3v) is 6.49. The number of nitrogens with zero attached hydrogens (tertiary/aromatic N) is 1. The zero-order chi connectivity index (χ0) is 19.7. The molecule has 0 radical (unpaired) electrons. The molecule has 0 unspecified atom stereocenters. The minimum absolute atomic E-state index is 0.116. The molecular weight excluding hydrogens is 390 g/mol. The number of methoxy groups -OCH3 is 1. The van der Waals surface area contributed by atoms with Gasteiger partial charge in [0.25, 0.3) is 0 Å². The van der Waals surface area contributed by atoms with Gasteiger partial charge in [-0.05, 0) is 48.4 Å². The lowest BCUT2D eigenvalue weighted by Gasteiger charge is -2.32. The number of aryl methyl sites for hydroxylation is 1. The van der Waals surface area contributed by atoms with Crippen LogP contribution in [0.4, 0.5) is 5.69 Å². The molecule has 1 saturated heterocycles. The van der Waals surface area contributed by atoms with Crippen LogP contribution in [0.3, 0.4) is 0 Å². The Bertz CT molecular complexity index is 1020. The highest BCUT2D eigenvalue weighted by atomic mass is 35.5. The standard InChI is InChI=1S/C23H20ClNO2S/c1-15-3-9-18(10-4-15)28-23-19(16-5-7-17(27-2)8-6-16)11-12-20(22(23)24)25-14-13-21(25)26/h3-12H,13-14H2,1-2H3. The Morgan fingerprint density at radius 1 is 1.00 bits per heavy atom. The summed E-state index contributed by atoms with van der Waals surface area (Å²) in [6.07, 6.45) is 0.580. The zero-order valence-electron chi connectivity index (χ0n) is 15.7. The van der Waals surface area contributed by atoms with Gasteiger partial charge in [0.1, 0.15) is 5.75 Å². The van der Waals surface area contributed by atoms with Crippen molar-refractivity contribution in [2.75, 3.05) is 18.6 Å². The molecule has 0 saturated carbocycles. The molecule has 1 aliphatic heterocycles. The summed E-state index contributed by atoms with van der Waals surface area (Å²) in [5, 5.41) is 0.618. The maximum absolute atomic E-state index is 12.0. The van der Waals surface area contributed by atoms with Crippen molar-refractivity contribution in [3.8, 4) is 16.9 Å². The van der Waals surface area contributed by atoms with Crippen LogP contribution < -0.4 is 9.64 Å². The monoisotopic (exact) mass is 409 g/mol. The number of amides is 1. The van der Waals surface area contributed by atoms with Crippen LogP contribution in [-0.2, 0) is 4.79 Å². The lowest BCUT2D eigenvalue weighted by Crippen LogP contribution is -2.43. The lowest BCUT2D eigenvalue weighted by molar-refractivity contribution is -0.122. The van der Waals surface area contributed by atoms with Crippen molar-refractivity contribution in [1.82, 2.24) is 0 Å². The molecule has 142 valence electrons. The molecule has 3 aromatic rings. The van der Waals surface area contributed by atoms with E-state index in [1.165, 1.54) is 5.56 Å². The van der Waals surface area contributed by atoms with E-state index in [2.05, 4.69) is 31.2 Å². The first-order valence-corrected chi connectivity index (χ1v) is 10.3. The minimum atomic E-state index is 0.116. The van der Waals surface area contributed by atoms with Crippen LogP contribution in [0.1, 0.15) is 12.0 Å². The zero-order valence-corrected chi connectivity index (χ0v) is 17.3. The number of hydrogen-bond acceptors (Lipinski definition) is 3. The molecule has 3 nitrogen and oxygen atoms in total. The van der Waals surface area contributed by atoms with Crippen molar-refractivity contribution in [2.24, 2.45) is 0 Å². The normalized spacial score (nSPS) is 13.4. The highest BCUT2D eigenvalue weighted by molar-refractivity contribution is 7.99. The molecule has 0 atom stereocenters. The predicted octanol–water partition coefficient (Wildman–Crippen LogP) is 6.21. The average molecular weight is 410 g/mol. The van der Waals surface area contributed by atoms with Crippen molar-refractivity contribution in [1.29, 1.82) is 0 Å². The second-order valence-electron chi connectivity index (χ2n) is 6.71. The van der Waals surface area contributed by atoms with Crippen LogP contribution in [-0.4, -0.2) is 19.6 Å². The molecule has 5 heteroatoms. The Kier molecular flexibility index (Phi) is 5.33. The summed E-state index contributed by atoms with van der Waals surface area (Å²) in [6, 6.07) is 20.3. The van der Waals surface area contributed by atoms with Crippen LogP contribution in [0, 0.1) is 6.92 Å². The first kappa shape index (κ1) is 18.9. The van der Waals surface area contributed by atoms with Gasteiger partial charge >= 0.3 is 0 Å². The van der Waals surface area contributed by atoms with Gasteiger partial charge in [-0.2, -0.15) is 0 Å². The number of halogens is 1. The minimum Gasteiger partial charge on any atom is -0.497 e. The topological polar surface area (TPSA) is 29.5 Å². The van der Waals surface area contributed by atoms with E-state index in [9.17, 15) is 4.79 Å². The molecule has 0 aromatic heterocycles. The van der Waals surface area contributed by atoms with E-state index < -0.39 is 0 Å². The van der Waals surface area contributed by atoms with Crippen LogP contribution in [0.25, 0.3) is 11.1 Å². The fourth-order valence-corrected chi connectivity index (χ4v) is 4.53. The second kappa shape index (κ2) is 7.90. The number of anilines is 1. The summed E-state index contributed by atoms with van der Waals surface area (Å²) in [5.74, 6) is 0.927. The summed E-state index contributed by atoms with van der Waals surface area (Å²) in [6.45, 7) is 2.79. The largest absolute Gasteiger partial charge is 0.497 e. The maximum atomic E-state index is 12.0. The molecule has 1 aliphatic rings. The van der Waals surface area contributed by atoms with Gasteiger partial charge < -0.3 is 9.64 Å². The van der Waals surface area contributed by atoms with Crippen molar-refractivity contribution >= 4 is 35.0 Å². The van der Waals surface area contributed by atoms with E-state index in [1.807, 2.05) is 36.4 Å². The molecule has 0 aliphatic carbocycles. The van der Waals surface area contributed by atoms with Gasteiger partial charge in [0.05, 0.1) is 17.8 Å². The van der Waals surface area contributed by atoms with E-state index in [1.54, 1.807) is 23.8 Å². The smallest absolute Gasteiger partial charge is 0.228 e. The van der Waals surface area contributed by atoms with Crippen molar-refractivity contribution in [3.05, 3.63) is 71.2 Å². The highest BCUT2D eigenvalue weighted by Gasteiger charge is 2.28. The highest BCUT2D eigenvalue weighted by Crippen LogP contribution is 2.46. The average Bonchev–Trinajstić information content (AvgIpc) is 2.71. The summed E-state index contributed by atoms with van der Waals surface area (Å²) in [7, 11) is 1.66. The summed E-state index contributed by atoms with van der Waals surface area (Å²) >= 11 is 8.46. The van der Waals surface area contributed by atoms with E-state index >= 15 is 0 Å². The van der Waals surface area contributed by atoms with Crippen LogP contribution >= 0.6 is 23.4 Å². The number of ether oxygens (including phenoxy) is 1. The SMILES string of the molecule is COc1ccc(-c2ccc(N3CCC3=O)c(Cl)c2Sc2ccc(C)cc2)cc1. The molecular formula is C23H20ClNO2S. The molecule has 1 amide bonds. The van der Waals surface area contributed by atoms with E-state index in [4.69, 9.17) is 16.3 Å². The third-order valence-electron chi connectivity index (χ3n) is 4.86. The summed E-state index contributed by atoms with van der Waals surface area (Å²) in [4.78, 5) is 15.8. The quantitative estimate of drug-likeness (QED) is 0.469. The number of benzene rings is 3. The van der Waals surface area contributed by atoms with Gasteiger partial charge in [-0.15, -0.1) is 0 Å². The van der Waals surface area contributed by atoms with Gasteiger partial charge in [0.15, 0.2) is 0 Å². The van der Waals surface area contributed by atoms with E-state index in [0.717, 1.165) is 38.9 Å². The van der Waals surface area contributed by atoms with Crippen molar-refractivity contribution in [2.45, 2.75) is 23.1 Å². The Hall–Kier alpha value is -2.43. The fraction of sp³-hybridized carbons (Fsp3) is 0.174. The van der Waals surface area contributed by atoms with Crippen LogP contribution in [0.15, 0.2) is 70.5 Å². The Labute approximate surface area is 174 Å². The molecule has 1 heterocycles. The van der Waals surface area contributed by atoms with E-state index in [-0.39, 0.29) is 5.91 Å². The second-order valence-corrected chi connectivity index (χ2v) is 8.18. The number of carbonyl (C=O) groups excluding carboxylic acids is 1. The van der Waals surface area contributed by atoms with Gasteiger partial charge in [-0.3, -0.25) is 4.79 Å². The van der Waals surface area contributed by atoms with Gasteiger partial charge in [0.2, 0.25) is 5.91 Å². The van der Waals surface area contributed by atoms with Crippen molar-refractivity contribution in [3.63, 3.8) is 0 Å². The summed E-state index contributed by atoms with van der Waals surface area (Å²) < 4.78 is 5.27. The molecule has 4 rings (SSSR count). The van der Waals surface area contributed by atoms with Crippen LogP contribution in [0.2, 0.25) is 5.02 Å².